The first-order chi connectivity index (χ1) is 15.1. The van der Waals surface area contributed by atoms with Crippen LogP contribution in [0.4, 0.5) is 5.69 Å². The van der Waals surface area contributed by atoms with Crippen LogP contribution in [0.1, 0.15) is 12.0 Å². The maximum absolute atomic E-state index is 13.0. The van der Waals surface area contributed by atoms with Gasteiger partial charge in [0.25, 0.3) is 0 Å². The van der Waals surface area contributed by atoms with Gasteiger partial charge in [-0.05, 0) is 42.3 Å². The van der Waals surface area contributed by atoms with E-state index in [1.807, 2.05) is 54.7 Å². The summed E-state index contributed by atoms with van der Waals surface area (Å²) in [5.41, 5.74) is 2.85. The number of hydrogen-bond acceptors (Lipinski definition) is 5. The Morgan fingerprint density at radius 1 is 1.26 bits per heavy atom. The minimum Gasteiger partial charge on any atom is -0.497 e. The van der Waals surface area contributed by atoms with E-state index in [0.29, 0.717) is 18.1 Å². The SMILES string of the molecule is CN=C1S[C@H](CC(=O)Nc2ccccc2)C(=O)N1CCc1c[nH]c2ccc(OC)cc12. The molecule has 160 valence electrons. The summed E-state index contributed by atoms with van der Waals surface area (Å²) in [5, 5.41) is 4.11. The Labute approximate surface area is 184 Å². The quantitative estimate of drug-likeness (QED) is 0.592. The molecule has 1 aromatic heterocycles. The third-order valence-electron chi connectivity index (χ3n) is 5.22. The monoisotopic (exact) mass is 436 g/mol. The van der Waals surface area contributed by atoms with Crippen LogP contribution in [0.5, 0.6) is 5.75 Å². The van der Waals surface area contributed by atoms with Crippen molar-refractivity contribution in [1.29, 1.82) is 0 Å². The van der Waals surface area contributed by atoms with Crippen LogP contribution < -0.4 is 10.1 Å². The fraction of sp³-hybridized carbons (Fsp3) is 0.261. The van der Waals surface area contributed by atoms with Crippen LogP contribution in [0.25, 0.3) is 10.9 Å². The molecule has 0 saturated carbocycles. The van der Waals surface area contributed by atoms with Gasteiger partial charge < -0.3 is 15.0 Å². The van der Waals surface area contributed by atoms with Crippen LogP contribution in [-0.4, -0.2) is 52.8 Å². The lowest BCUT2D eigenvalue weighted by molar-refractivity contribution is -0.128. The van der Waals surface area contributed by atoms with E-state index in [-0.39, 0.29) is 18.2 Å². The summed E-state index contributed by atoms with van der Waals surface area (Å²) in [5.74, 6) is 0.533. The largest absolute Gasteiger partial charge is 0.497 e. The zero-order valence-electron chi connectivity index (χ0n) is 17.4. The van der Waals surface area contributed by atoms with Gasteiger partial charge in [0.15, 0.2) is 5.17 Å². The number of methoxy groups -OCH3 is 1. The van der Waals surface area contributed by atoms with Gasteiger partial charge in [0.1, 0.15) is 11.0 Å². The molecule has 1 fully saturated rings. The normalized spacial score (nSPS) is 17.5. The summed E-state index contributed by atoms with van der Waals surface area (Å²) >= 11 is 1.35. The summed E-state index contributed by atoms with van der Waals surface area (Å²) in [6.45, 7) is 0.499. The number of amides is 2. The van der Waals surface area contributed by atoms with Gasteiger partial charge in [0, 0.05) is 42.8 Å². The summed E-state index contributed by atoms with van der Waals surface area (Å²) in [7, 11) is 3.32. The van der Waals surface area contributed by atoms with E-state index < -0.39 is 5.25 Å². The number of carbonyl (C=O) groups excluding carboxylic acids is 2. The predicted molar refractivity (Wildman–Crippen MR) is 125 cm³/mol. The molecule has 0 radical (unpaired) electrons. The molecule has 1 saturated heterocycles. The van der Waals surface area contributed by atoms with Crippen LogP contribution in [0, 0.1) is 0 Å². The Kier molecular flexibility index (Phi) is 6.27. The Morgan fingerprint density at radius 3 is 2.81 bits per heavy atom. The fourth-order valence-corrected chi connectivity index (χ4v) is 4.77. The van der Waals surface area contributed by atoms with Gasteiger partial charge >= 0.3 is 0 Å². The van der Waals surface area contributed by atoms with Crippen LogP contribution in [-0.2, 0) is 16.0 Å². The van der Waals surface area contributed by atoms with Gasteiger partial charge in [-0.25, -0.2) is 0 Å². The summed E-state index contributed by atoms with van der Waals surface area (Å²) in [4.78, 5) is 34.6. The molecule has 3 aromatic rings. The lowest BCUT2D eigenvalue weighted by Crippen LogP contribution is -2.35. The molecule has 2 N–H and O–H groups in total. The van der Waals surface area contributed by atoms with Gasteiger partial charge in [-0.2, -0.15) is 0 Å². The highest BCUT2D eigenvalue weighted by molar-refractivity contribution is 8.15. The smallest absolute Gasteiger partial charge is 0.242 e. The number of aromatic amines is 1. The van der Waals surface area contributed by atoms with Gasteiger partial charge in [-0.3, -0.25) is 19.5 Å². The highest BCUT2D eigenvalue weighted by Crippen LogP contribution is 2.31. The number of hydrogen-bond donors (Lipinski definition) is 2. The molecule has 1 atom stereocenters. The zero-order valence-corrected chi connectivity index (χ0v) is 18.2. The summed E-state index contributed by atoms with van der Waals surface area (Å²) < 4.78 is 5.33. The van der Waals surface area contributed by atoms with Gasteiger partial charge in [-0.1, -0.05) is 30.0 Å². The van der Waals surface area contributed by atoms with Crippen molar-refractivity contribution >= 4 is 45.3 Å². The highest BCUT2D eigenvalue weighted by atomic mass is 32.2. The molecule has 0 bridgehead atoms. The molecule has 4 rings (SSSR count). The Bertz CT molecular complexity index is 1130. The van der Waals surface area contributed by atoms with Crippen LogP contribution in [0.15, 0.2) is 59.7 Å². The van der Waals surface area contributed by atoms with Crippen molar-refractivity contribution in [3.63, 3.8) is 0 Å². The third kappa shape index (κ3) is 4.59. The van der Waals surface area contributed by atoms with E-state index in [2.05, 4.69) is 15.3 Å². The Morgan fingerprint density at radius 2 is 2.06 bits per heavy atom. The van der Waals surface area contributed by atoms with Crippen LogP contribution >= 0.6 is 11.8 Å². The number of fused-ring (bicyclic) bond motifs is 1. The maximum atomic E-state index is 13.0. The van der Waals surface area contributed by atoms with Crippen molar-refractivity contribution in [2.24, 2.45) is 4.99 Å². The number of ether oxygens (including phenoxy) is 1. The number of nitrogens with zero attached hydrogens (tertiary/aromatic N) is 2. The van der Waals surface area contributed by atoms with Crippen molar-refractivity contribution in [3.8, 4) is 5.75 Å². The van der Waals surface area contributed by atoms with Crippen molar-refractivity contribution in [2.45, 2.75) is 18.1 Å². The number of nitrogens with one attached hydrogen (secondary N) is 2. The number of thioether (sulfide) groups is 1. The number of aromatic nitrogens is 1. The molecule has 0 unspecified atom stereocenters. The number of H-pyrrole nitrogens is 1. The molecular formula is C23H24N4O3S. The molecule has 2 aromatic carbocycles. The number of rotatable bonds is 7. The average molecular weight is 437 g/mol. The number of anilines is 1. The minimum absolute atomic E-state index is 0.0776. The Hall–Kier alpha value is -3.26. The van der Waals surface area contributed by atoms with E-state index >= 15 is 0 Å². The number of carbonyl (C=O) groups is 2. The molecular weight excluding hydrogens is 412 g/mol. The van der Waals surface area contributed by atoms with E-state index in [4.69, 9.17) is 4.74 Å². The van der Waals surface area contributed by atoms with Crippen molar-refractivity contribution in [1.82, 2.24) is 9.88 Å². The number of para-hydroxylation sites is 1. The van der Waals surface area contributed by atoms with Gasteiger partial charge in [-0.15, -0.1) is 0 Å². The summed E-state index contributed by atoms with van der Waals surface area (Å²) in [6, 6.07) is 15.1. The van der Waals surface area contributed by atoms with Gasteiger partial charge in [0.2, 0.25) is 11.8 Å². The first-order valence-corrected chi connectivity index (χ1v) is 10.9. The van der Waals surface area contributed by atoms with Crippen LogP contribution in [0.2, 0.25) is 0 Å². The van der Waals surface area contributed by atoms with Crippen LogP contribution in [0.3, 0.4) is 0 Å². The lowest BCUT2D eigenvalue weighted by Gasteiger charge is -2.16. The van der Waals surface area contributed by atoms with Crippen molar-refractivity contribution in [3.05, 3.63) is 60.3 Å². The number of amidine groups is 1. The first kappa shape index (κ1) is 21.0. The average Bonchev–Trinajstić information content (AvgIpc) is 3.32. The minimum atomic E-state index is -0.467. The molecule has 8 heteroatoms. The maximum Gasteiger partial charge on any atom is 0.242 e. The number of benzene rings is 2. The molecule has 1 aliphatic rings. The second-order valence-electron chi connectivity index (χ2n) is 7.20. The fourth-order valence-electron chi connectivity index (χ4n) is 3.64. The number of aliphatic imine (C=N–C) groups is 1. The molecule has 0 aliphatic carbocycles. The molecule has 2 heterocycles. The van der Waals surface area contributed by atoms with E-state index in [1.165, 1.54) is 11.8 Å². The first-order valence-electron chi connectivity index (χ1n) is 10.0. The van der Waals surface area contributed by atoms with E-state index in [0.717, 1.165) is 27.9 Å². The lowest BCUT2D eigenvalue weighted by atomic mass is 10.1. The molecule has 1 aliphatic heterocycles. The second kappa shape index (κ2) is 9.26. The topological polar surface area (TPSA) is 86.8 Å². The van der Waals surface area contributed by atoms with Crippen molar-refractivity contribution < 1.29 is 14.3 Å². The standard InChI is InChI=1S/C23H24N4O3S/c1-24-23-27(11-10-15-14-25-19-9-8-17(30-2)12-18(15)19)22(29)20(31-23)13-21(28)26-16-6-4-3-5-7-16/h3-9,12,14,20,25H,10-11,13H2,1-2H3,(H,26,28)/t20-/m1/s1. The Balaban J connectivity index is 1.42. The van der Waals surface area contributed by atoms with Crippen molar-refractivity contribution in [2.75, 3.05) is 26.0 Å². The molecule has 31 heavy (non-hydrogen) atoms. The third-order valence-corrected chi connectivity index (χ3v) is 6.49. The molecule has 2 amide bonds. The summed E-state index contributed by atoms with van der Waals surface area (Å²) in [6.07, 6.45) is 2.74. The van der Waals surface area contributed by atoms with E-state index in [1.54, 1.807) is 19.1 Å². The molecule has 0 spiro atoms. The molecule has 7 nitrogen and oxygen atoms in total. The predicted octanol–water partition coefficient (Wildman–Crippen LogP) is 3.68. The van der Waals surface area contributed by atoms with E-state index in [9.17, 15) is 9.59 Å². The zero-order chi connectivity index (χ0) is 21.8. The highest BCUT2D eigenvalue weighted by Gasteiger charge is 2.38. The second-order valence-corrected chi connectivity index (χ2v) is 8.37. The van der Waals surface area contributed by atoms with Gasteiger partial charge in [0.05, 0.1) is 7.11 Å².